The predicted molar refractivity (Wildman–Crippen MR) is 133 cm³/mol. The van der Waals surface area contributed by atoms with Gasteiger partial charge in [-0.2, -0.15) is 26.3 Å². The SMILES string of the molecule is O=C(O)COc1ccc(SCC=C(c2ccccc2C(F)(F)F)c2ccccc2C(F)(F)F)cc1I. The van der Waals surface area contributed by atoms with Crippen molar-refractivity contribution in [3.63, 3.8) is 0 Å². The second-order valence-electron chi connectivity index (χ2n) is 7.29. The molecule has 0 fully saturated rings. The Kier molecular flexibility index (Phi) is 8.98. The van der Waals surface area contributed by atoms with Crippen molar-refractivity contribution in [1.29, 1.82) is 0 Å². The summed E-state index contributed by atoms with van der Waals surface area (Å²) < 4.78 is 88.2. The van der Waals surface area contributed by atoms with Crippen molar-refractivity contribution in [3.05, 3.63) is 98.6 Å². The number of hydrogen-bond acceptors (Lipinski definition) is 3. The maximum absolute atomic E-state index is 13.7. The lowest BCUT2D eigenvalue weighted by Gasteiger charge is -2.19. The average molecular weight is 638 g/mol. The van der Waals surface area contributed by atoms with E-state index >= 15 is 0 Å². The number of ether oxygens (including phenoxy) is 1. The normalized spacial score (nSPS) is 11.8. The van der Waals surface area contributed by atoms with Crippen molar-refractivity contribution < 1.29 is 41.0 Å². The summed E-state index contributed by atoms with van der Waals surface area (Å²) in [6.45, 7) is -0.522. The lowest BCUT2D eigenvalue weighted by Crippen LogP contribution is -2.12. The highest BCUT2D eigenvalue weighted by molar-refractivity contribution is 14.1. The first-order chi connectivity index (χ1) is 16.9. The highest BCUT2D eigenvalue weighted by atomic mass is 127. The molecule has 0 spiro atoms. The Morgan fingerprint density at radius 1 is 0.889 bits per heavy atom. The average Bonchev–Trinajstić information content (AvgIpc) is 2.80. The van der Waals surface area contributed by atoms with E-state index in [1.54, 1.807) is 18.2 Å². The van der Waals surface area contributed by atoms with Gasteiger partial charge in [0.2, 0.25) is 0 Å². The fourth-order valence-corrected chi connectivity index (χ4v) is 5.03. The zero-order valence-electron chi connectivity index (χ0n) is 18.2. The molecular formula is C25H17F6IO3S. The predicted octanol–water partition coefficient (Wildman–Crippen LogP) is 8.02. The van der Waals surface area contributed by atoms with E-state index < -0.39 is 36.1 Å². The second kappa shape index (κ2) is 11.6. The van der Waals surface area contributed by atoms with Crippen LogP contribution in [0, 0.1) is 3.57 Å². The topological polar surface area (TPSA) is 46.5 Å². The number of thioether (sulfide) groups is 1. The summed E-state index contributed by atoms with van der Waals surface area (Å²) >= 11 is 3.14. The Balaban J connectivity index is 2.01. The van der Waals surface area contributed by atoms with E-state index in [0.29, 0.717) is 14.2 Å². The van der Waals surface area contributed by atoms with Gasteiger partial charge in [0.15, 0.2) is 6.61 Å². The van der Waals surface area contributed by atoms with Crippen LogP contribution in [-0.2, 0) is 17.1 Å². The van der Waals surface area contributed by atoms with Crippen molar-refractivity contribution in [2.75, 3.05) is 12.4 Å². The molecule has 0 aliphatic rings. The van der Waals surface area contributed by atoms with Crippen LogP contribution in [0.1, 0.15) is 22.3 Å². The van der Waals surface area contributed by atoms with Gasteiger partial charge in [0.1, 0.15) is 5.75 Å². The molecule has 36 heavy (non-hydrogen) atoms. The maximum atomic E-state index is 13.7. The third kappa shape index (κ3) is 7.19. The van der Waals surface area contributed by atoms with Gasteiger partial charge in [-0.05, 0) is 69.6 Å². The highest BCUT2D eigenvalue weighted by Crippen LogP contribution is 2.41. The van der Waals surface area contributed by atoms with E-state index in [9.17, 15) is 31.1 Å². The molecule has 0 saturated carbocycles. The van der Waals surface area contributed by atoms with Crippen LogP contribution in [0.4, 0.5) is 26.3 Å². The van der Waals surface area contributed by atoms with Gasteiger partial charge in [0.25, 0.3) is 0 Å². The lowest BCUT2D eigenvalue weighted by atomic mass is 9.90. The summed E-state index contributed by atoms with van der Waals surface area (Å²) in [5.41, 5.74) is -2.96. The van der Waals surface area contributed by atoms with Gasteiger partial charge in [-0.15, -0.1) is 11.8 Å². The standard InChI is InChI=1S/C25H17F6IO3S/c26-24(27,28)19-7-3-1-5-17(19)16(18-6-2-4-8-20(18)25(29,30)31)11-12-36-15-9-10-22(21(32)13-15)35-14-23(33)34/h1-11,13H,12,14H2,(H,33,34). The Morgan fingerprint density at radius 2 is 1.42 bits per heavy atom. The fourth-order valence-electron chi connectivity index (χ4n) is 3.34. The van der Waals surface area contributed by atoms with Crippen LogP contribution >= 0.6 is 34.4 Å². The van der Waals surface area contributed by atoms with E-state index in [2.05, 4.69) is 0 Å². The minimum atomic E-state index is -4.77. The lowest BCUT2D eigenvalue weighted by molar-refractivity contribution is -0.139. The number of benzene rings is 3. The molecule has 0 aliphatic carbocycles. The third-order valence-electron chi connectivity index (χ3n) is 4.84. The molecule has 190 valence electrons. The first-order valence-electron chi connectivity index (χ1n) is 10.2. The zero-order chi connectivity index (χ0) is 26.5. The van der Waals surface area contributed by atoms with Crippen molar-refractivity contribution in [2.45, 2.75) is 17.2 Å². The first-order valence-corrected chi connectivity index (χ1v) is 12.2. The van der Waals surface area contributed by atoms with Gasteiger partial charge in [0.05, 0.1) is 14.7 Å². The first kappa shape index (κ1) is 27.9. The zero-order valence-corrected chi connectivity index (χ0v) is 21.1. The van der Waals surface area contributed by atoms with Crippen LogP contribution < -0.4 is 4.74 Å². The molecule has 0 bridgehead atoms. The molecule has 1 N–H and O–H groups in total. The Morgan fingerprint density at radius 3 is 1.89 bits per heavy atom. The number of aliphatic carboxylic acids is 1. The Bertz CT molecular complexity index is 1210. The molecule has 0 unspecified atom stereocenters. The Hall–Kier alpha value is -2.67. The summed E-state index contributed by atoms with van der Waals surface area (Å²) in [5.74, 6) is -0.726. The van der Waals surface area contributed by atoms with Crippen molar-refractivity contribution >= 4 is 45.9 Å². The molecule has 0 saturated heterocycles. The van der Waals surface area contributed by atoms with Gasteiger partial charge in [0, 0.05) is 10.6 Å². The third-order valence-corrected chi connectivity index (χ3v) is 6.60. The van der Waals surface area contributed by atoms with Crippen LogP contribution in [-0.4, -0.2) is 23.4 Å². The molecule has 3 rings (SSSR count). The summed E-state index contributed by atoms with van der Waals surface area (Å²) in [7, 11) is 0. The molecule has 0 radical (unpaired) electrons. The van der Waals surface area contributed by atoms with E-state index in [0.717, 1.165) is 24.3 Å². The number of rotatable bonds is 8. The molecule has 3 aromatic carbocycles. The highest BCUT2D eigenvalue weighted by Gasteiger charge is 2.37. The van der Waals surface area contributed by atoms with Crippen molar-refractivity contribution in [3.8, 4) is 5.75 Å². The molecule has 3 nitrogen and oxygen atoms in total. The second-order valence-corrected chi connectivity index (χ2v) is 9.55. The van der Waals surface area contributed by atoms with Gasteiger partial charge in [-0.1, -0.05) is 42.5 Å². The van der Waals surface area contributed by atoms with Crippen LogP contribution in [0.2, 0.25) is 0 Å². The van der Waals surface area contributed by atoms with E-state index in [-0.39, 0.29) is 22.5 Å². The minimum absolute atomic E-state index is 0.0686. The number of carbonyl (C=O) groups is 1. The molecule has 3 aromatic rings. The largest absolute Gasteiger partial charge is 0.481 e. The monoisotopic (exact) mass is 638 g/mol. The maximum Gasteiger partial charge on any atom is 0.417 e. The van der Waals surface area contributed by atoms with Gasteiger partial charge < -0.3 is 9.84 Å². The Labute approximate surface area is 220 Å². The van der Waals surface area contributed by atoms with E-state index in [4.69, 9.17) is 9.84 Å². The molecular weight excluding hydrogens is 621 g/mol. The summed E-state index contributed by atoms with van der Waals surface area (Å²) in [6, 6.07) is 13.9. The number of halogens is 7. The summed E-state index contributed by atoms with van der Waals surface area (Å²) in [6.07, 6.45) is -8.18. The van der Waals surface area contributed by atoms with Crippen molar-refractivity contribution in [1.82, 2.24) is 0 Å². The van der Waals surface area contributed by atoms with Gasteiger partial charge in [-0.25, -0.2) is 4.79 Å². The van der Waals surface area contributed by atoms with Crippen LogP contribution in [0.3, 0.4) is 0 Å². The number of alkyl halides is 6. The number of carboxylic acids is 1. The van der Waals surface area contributed by atoms with E-state index in [1.165, 1.54) is 42.1 Å². The van der Waals surface area contributed by atoms with E-state index in [1.807, 2.05) is 22.6 Å². The molecule has 0 amide bonds. The fraction of sp³-hybridized carbons (Fsp3) is 0.160. The van der Waals surface area contributed by atoms with Gasteiger partial charge >= 0.3 is 18.3 Å². The molecule has 0 aliphatic heterocycles. The molecule has 0 aromatic heterocycles. The number of hydrogen-bond donors (Lipinski definition) is 1. The summed E-state index contributed by atoms with van der Waals surface area (Å²) in [4.78, 5) is 11.4. The van der Waals surface area contributed by atoms with Crippen LogP contribution in [0.25, 0.3) is 5.57 Å². The minimum Gasteiger partial charge on any atom is -0.481 e. The van der Waals surface area contributed by atoms with Crippen LogP contribution in [0.5, 0.6) is 5.75 Å². The van der Waals surface area contributed by atoms with Crippen molar-refractivity contribution in [2.24, 2.45) is 0 Å². The van der Waals surface area contributed by atoms with Gasteiger partial charge in [-0.3, -0.25) is 0 Å². The molecule has 11 heteroatoms. The summed E-state index contributed by atoms with van der Waals surface area (Å²) in [5, 5.41) is 8.74. The molecule has 0 atom stereocenters. The smallest absolute Gasteiger partial charge is 0.417 e. The number of carboxylic acid groups (broad SMARTS) is 1. The quantitative estimate of drug-likeness (QED) is 0.154. The van der Waals surface area contributed by atoms with Crippen LogP contribution in [0.15, 0.2) is 77.7 Å². The molecule has 0 heterocycles.